The van der Waals surface area contributed by atoms with Crippen LogP contribution in [0.2, 0.25) is 0 Å². The van der Waals surface area contributed by atoms with Crippen LogP contribution in [-0.2, 0) is 12.4 Å². The number of rotatable bonds is 0. The summed E-state index contributed by atoms with van der Waals surface area (Å²) >= 11 is 0. The first-order valence-electron chi connectivity index (χ1n) is 6.62. The lowest BCUT2D eigenvalue weighted by atomic mass is 10.1. The van der Waals surface area contributed by atoms with Gasteiger partial charge in [-0.05, 0) is 0 Å². The van der Waals surface area contributed by atoms with Gasteiger partial charge in [0.05, 0.1) is 0 Å². The van der Waals surface area contributed by atoms with Gasteiger partial charge in [0.15, 0.2) is 46.5 Å². The summed E-state index contributed by atoms with van der Waals surface area (Å²) in [6, 6.07) is 0. The Morgan fingerprint density at radius 2 is 0.567 bits per heavy atom. The Kier molecular flexibility index (Phi) is 6.84. The van der Waals surface area contributed by atoms with Crippen molar-refractivity contribution in [2.45, 2.75) is 12.4 Å². The molecule has 0 saturated carbocycles. The maximum absolute atomic E-state index is 12.6. The molecule has 0 amide bonds. The molecule has 0 fully saturated rings. The number of hydrogen-bond donors (Lipinski definition) is 1. The molecule has 168 valence electrons. The molecule has 0 aromatic heterocycles. The van der Waals surface area contributed by atoms with Gasteiger partial charge < -0.3 is 5.73 Å². The van der Waals surface area contributed by atoms with Gasteiger partial charge in [-0.25, -0.2) is 39.5 Å². The number of halogens is 15. The third-order valence-electron chi connectivity index (χ3n) is 3.07. The highest BCUT2D eigenvalue weighted by Gasteiger charge is 2.43. The molecule has 1 nitrogen and oxygen atoms in total. The monoisotopic (exact) mass is 469 g/mol. The summed E-state index contributed by atoms with van der Waals surface area (Å²) in [5.74, 6) is -23.3. The van der Waals surface area contributed by atoms with E-state index in [0.717, 1.165) is 0 Å². The third-order valence-corrected chi connectivity index (χ3v) is 3.07. The van der Waals surface area contributed by atoms with Gasteiger partial charge in [-0.1, -0.05) is 0 Å². The van der Waals surface area contributed by atoms with Gasteiger partial charge in [-0.2, -0.15) is 26.3 Å². The van der Waals surface area contributed by atoms with Gasteiger partial charge in [0.25, 0.3) is 0 Å². The highest BCUT2D eigenvalue weighted by molar-refractivity contribution is 5.45. The maximum atomic E-state index is 12.6. The van der Waals surface area contributed by atoms with E-state index in [-0.39, 0.29) is 0 Å². The SMILES string of the molecule is Fc1c(F)c(F)c(C(F)(F)F)c(F)c1F.Nc1c(F)c(F)c(C(F)(F)F)c(F)c1F. The van der Waals surface area contributed by atoms with Crippen molar-refractivity contribution in [1.29, 1.82) is 0 Å². The zero-order valence-corrected chi connectivity index (χ0v) is 13.2. The van der Waals surface area contributed by atoms with Crippen LogP contribution in [0.5, 0.6) is 0 Å². The molecule has 0 aliphatic carbocycles. The van der Waals surface area contributed by atoms with Crippen molar-refractivity contribution in [3.05, 3.63) is 63.5 Å². The number of nitrogens with two attached hydrogens (primary N) is 1. The van der Waals surface area contributed by atoms with Crippen LogP contribution in [0.25, 0.3) is 0 Å². The fourth-order valence-corrected chi connectivity index (χ4v) is 1.75. The Hall–Kier alpha value is -2.81. The fraction of sp³-hybridized carbons (Fsp3) is 0.143. The Labute approximate surface area is 154 Å². The van der Waals surface area contributed by atoms with Crippen LogP contribution in [0, 0.1) is 52.4 Å². The summed E-state index contributed by atoms with van der Waals surface area (Å²) < 4.78 is 184. The van der Waals surface area contributed by atoms with E-state index < -0.39 is 81.5 Å². The zero-order valence-electron chi connectivity index (χ0n) is 13.2. The van der Waals surface area contributed by atoms with E-state index in [1.165, 1.54) is 0 Å². The predicted octanol–water partition coefficient (Wildman–Crippen LogP) is 6.24. The van der Waals surface area contributed by atoms with E-state index in [1.807, 2.05) is 0 Å². The number of nitrogen functional groups attached to an aromatic ring is 1. The van der Waals surface area contributed by atoms with E-state index in [4.69, 9.17) is 0 Å². The second kappa shape index (κ2) is 8.14. The fourth-order valence-electron chi connectivity index (χ4n) is 1.75. The Morgan fingerprint density at radius 3 is 0.800 bits per heavy atom. The number of alkyl halides is 6. The normalized spacial score (nSPS) is 12.0. The molecule has 0 atom stereocenters. The summed E-state index contributed by atoms with van der Waals surface area (Å²) in [5, 5.41) is 0. The average molecular weight is 469 g/mol. The Morgan fingerprint density at radius 1 is 0.367 bits per heavy atom. The molecule has 2 rings (SSSR count). The molecule has 30 heavy (non-hydrogen) atoms. The van der Waals surface area contributed by atoms with Gasteiger partial charge in [-0.3, -0.25) is 0 Å². The van der Waals surface area contributed by atoms with E-state index in [0.29, 0.717) is 0 Å². The van der Waals surface area contributed by atoms with Crippen molar-refractivity contribution in [2.75, 3.05) is 5.73 Å². The van der Waals surface area contributed by atoms with Crippen molar-refractivity contribution in [2.24, 2.45) is 0 Å². The van der Waals surface area contributed by atoms with Gasteiger partial charge in [0.2, 0.25) is 5.82 Å². The summed E-state index contributed by atoms with van der Waals surface area (Å²) in [4.78, 5) is 0. The van der Waals surface area contributed by atoms with Crippen molar-refractivity contribution < 1.29 is 65.9 Å². The van der Waals surface area contributed by atoms with Crippen LogP contribution in [0.1, 0.15) is 11.1 Å². The van der Waals surface area contributed by atoms with E-state index in [2.05, 4.69) is 5.73 Å². The van der Waals surface area contributed by atoms with Crippen molar-refractivity contribution in [1.82, 2.24) is 0 Å². The van der Waals surface area contributed by atoms with Crippen molar-refractivity contribution in [3.8, 4) is 0 Å². The quantitative estimate of drug-likeness (QED) is 0.210. The largest absolute Gasteiger partial charge is 0.422 e. The summed E-state index contributed by atoms with van der Waals surface area (Å²) in [5.41, 5.74) is -2.55. The maximum Gasteiger partial charge on any atom is 0.422 e. The molecule has 0 bridgehead atoms. The standard InChI is InChI=1S/C7F8.C7H2F7N/c8-2-1(7(13,14)15)3(9)5(11)6(12)4(2)10;8-2-1(7(12,13)14)3(9)5(11)6(15)4(2)10/h;15H2. The van der Waals surface area contributed by atoms with Crippen molar-refractivity contribution >= 4 is 5.69 Å². The lowest BCUT2D eigenvalue weighted by molar-refractivity contribution is -0.144. The van der Waals surface area contributed by atoms with Crippen LogP contribution in [0.15, 0.2) is 0 Å². The van der Waals surface area contributed by atoms with Gasteiger partial charge in [0.1, 0.15) is 16.8 Å². The lowest BCUT2D eigenvalue weighted by Crippen LogP contribution is -2.16. The molecule has 2 N–H and O–H groups in total. The van der Waals surface area contributed by atoms with Crippen LogP contribution in [-0.4, -0.2) is 0 Å². The molecule has 0 aliphatic rings. The first-order valence-corrected chi connectivity index (χ1v) is 6.62. The molecule has 0 aliphatic heterocycles. The zero-order chi connectivity index (χ0) is 23.9. The molecule has 0 unspecified atom stereocenters. The second-order valence-electron chi connectivity index (χ2n) is 4.99. The summed E-state index contributed by atoms with van der Waals surface area (Å²) in [6.07, 6.45) is -11.2. The number of benzene rings is 2. The number of anilines is 1. The topological polar surface area (TPSA) is 26.0 Å². The average Bonchev–Trinajstić information content (AvgIpc) is 2.60. The lowest BCUT2D eigenvalue weighted by Gasteiger charge is -2.11. The van der Waals surface area contributed by atoms with E-state index >= 15 is 0 Å². The third kappa shape index (κ3) is 4.51. The molecule has 16 heteroatoms. The Bertz CT molecular complexity index is 836. The molecule has 0 saturated heterocycles. The second-order valence-corrected chi connectivity index (χ2v) is 4.99. The van der Waals surface area contributed by atoms with Crippen LogP contribution < -0.4 is 5.73 Å². The first kappa shape index (κ1) is 25.2. The Balaban J connectivity index is 0.000000300. The molecular weight excluding hydrogens is 467 g/mol. The van der Waals surface area contributed by atoms with Crippen LogP contribution >= 0.6 is 0 Å². The number of hydrogen-bond acceptors (Lipinski definition) is 1. The van der Waals surface area contributed by atoms with Crippen LogP contribution in [0.3, 0.4) is 0 Å². The highest BCUT2D eigenvalue weighted by atomic mass is 19.4. The predicted molar refractivity (Wildman–Crippen MR) is 66.9 cm³/mol. The molecule has 0 spiro atoms. The van der Waals surface area contributed by atoms with Crippen molar-refractivity contribution in [3.63, 3.8) is 0 Å². The molecule has 2 aromatic rings. The summed E-state index contributed by atoms with van der Waals surface area (Å²) in [6.45, 7) is 0. The van der Waals surface area contributed by atoms with Gasteiger partial charge in [-0.15, -0.1) is 0 Å². The minimum absolute atomic E-state index is 1.63. The minimum Gasteiger partial charge on any atom is -0.394 e. The summed E-state index contributed by atoms with van der Waals surface area (Å²) in [7, 11) is 0. The first-order chi connectivity index (χ1) is 13.4. The minimum atomic E-state index is -5.65. The van der Waals surface area contributed by atoms with Gasteiger partial charge >= 0.3 is 12.4 Å². The highest BCUT2D eigenvalue weighted by Crippen LogP contribution is 2.38. The van der Waals surface area contributed by atoms with E-state index in [9.17, 15) is 65.9 Å². The molecule has 0 radical (unpaired) electrons. The van der Waals surface area contributed by atoms with E-state index in [1.54, 1.807) is 0 Å². The molecular formula is C14H2F15N. The van der Waals surface area contributed by atoms with Crippen LogP contribution in [0.4, 0.5) is 71.5 Å². The molecule has 0 heterocycles. The van der Waals surface area contributed by atoms with Gasteiger partial charge in [0, 0.05) is 0 Å². The smallest absolute Gasteiger partial charge is 0.394 e. The molecule has 2 aromatic carbocycles.